The number of nitrogens with zero attached hydrogens (tertiary/aromatic N) is 1. The first-order chi connectivity index (χ1) is 14.1. The van der Waals surface area contributed by atoms with Gasteiger partial charge >= 0.3 is 0 Å². The van der Waals surface area contributed by atoms with Crippen molar-refractivity contribution in [3.8, 4) is 23.3 Å². The predicted molar refractivity (Wildman–Crippen MR) is 114 cm³/mol. The first-order valence-electron chi connectivity index (χ1n) is 10.5. The first-order valence-corrected chi connectivity index (χ1v) is 10.5. The zero-order chi connectivity index (χ0) is 20.2. The monoisotopic (exact) mass is 391 g/mol. The topological polar surface area (TPSA) is 41.9 Å². The van der Waals surface area contributed by atoms with Crippen LogP contribution in [0.2, 0.25) is 0 Å². The molecule has 3 aliphatic heterocycles. The summed E-state index contributed by atoms with van der Waals surface area (Å²) in [5.41, 5.74) is 3.11. The van der Waals surface area contributed by atoms with Crippen LogP contribution in [0.4, 0.5) is 0 Å². The molecule has 2 bridgehead atoms. The van der Waals surface area contributed by atoms with Gasteiger partial charge < -0.3 is 14.6 Å². The van der Waals surface area contributed by atoms with Gasteiger partial charge in [-0.1, -0.05) is 30.0 Å². The standard InChI is InChI=1S/C25H29NO3/c1-18-16-20(8-9-23-24(27)21-10-12-26(23)13-11-21)17-19(2)25(18)29-15-14-28-22-6-4-3-5-7-22/h3-7,16-17,21,23-24,27H,10-15H2,1-2H3. The zero-order valence-corrected chi connectivity index (χ0v) is 17.2. The molecule has 4 nitrogen and oxygen atoms in total. The van der Waals surface area contributed by atoms with Crippen molar-refractivity contribution in [2.24, 2.45) is 5.92 Å². The van der Waals surface area contributed by atoms with Gasteiger partial charge in [0.25, 0.3) is 0 Å². The normalized spacial score (nSPS) is 25.2. The summed E-state index contributed by atoms with van der Waals surface area (Å²) < 4.78 is 11.7. The fourth-order valence-corrected chi connectivity index (χ4v) is 4.42. The van der Waals surface area contributed by atoms with Gasteiger partial charge in [-0.15, -0.1) is 0 Å². The quantitative estimate of drug-likeness (QED) is 0.625. The third kappa shape index (κ3) is 4.58. The first kappa shape index (κ1) is 19.8. The lowest BCUT2D eigenvalue weighted by Crippen LogP contribution is -2.57. The number of aliphatic hydroxyl groups is 1. The summed E-state index contributed by atoms with van der Waals surface area (Å²) in [5, 5.41) is 10.5. The van der Waals surface area contributed by atoms with Crippen LogP contribution in [-0.2, 0) is 0 Å². The smallest absolute Gasteiger partial charge is 0.125 e. The molecule has 3 aliphatic rings. The molecule has 2 atom stereocenters. The second kappa shape index (κ2) is 8.90. The van der Waals surface area contributed by atoms with E-state index in [2.05, 4.69) is 28.9 Å². The lowest BCUT2D eigenvalue weighted by atomic mass is 9.81. The highest BCUT2D eigenvalue weighted by Gasteiger charge is 2.40. The van der Waals surface area contributed by atoms with E-state index in [1.807, 2.05) is 44.2 Å². The van der Waals surface area contributed by atoms with Crippen molar-refractivity contribution in [3.05, 3.63) is 59.2 Å². The lowest BCUT2D eigenvalue weighted by Gasteiger charge is -2.46. The summed E-state index contributed by atoms with van der Waals surface area (Å²) >= 11 is 0. The molecule has 3 fully saturated rings. The van der Waals surface area contributed by atoms with Crippen molar-refractivity contribution < 1.29 is 14.6 Å². The number of benzene rings is 2. The van der Waals surface area contributed by atoms with E-state index >= 15 is 0 Å². The Labute approximate surface area is 173 Å². The summed E-state index contributed by atoms with van der Waals surface area (Å²) in [5.74, 6) is 8.78. The molecular formula is C25H29NO3. The van der Waals surface area contributed by atoms with Gasteiger partial charge in [-0.3, -0.25) is 4.90 Å². The Bertz CT molecular complexity index is 866. The summed E-state index contributed by atoms with van der Waals surface area (Å²) in [6.45, 7) is 7.19. The average molecular weight is 392 g/mol. The molecule has 29 heavy (non-hydrogen) atoms. The summed E-state index contributed by atoms with van der Waals surface area (Å²) in [4.78, 5) is 2.32. The highest BCUT2D eigenvalue weighted by molar-refractivity contribution is 5.49. The maximum atomic E-state index is 10.5. The molecule has 2 aromatic rings. The maximum absolute atomic E-state index is 10.5. The second-order valence-corrected chi connectivity index (χ2v) is 8.03. The summed E-state index contributed by atoms with van der Waals surface area (Å²) in [7, 11) is 0. The Morgan fingerprint density at radius 1 is 1.00 bits per heavy atom. The van der Waals surface area contributed by atoms with Crippen LogP contribution in [0.3, 0.4) is 0 Å². The number of ether oxygens (including phenoxy) is 2. The molecule has 0 aromatic heterocycles. The van der Waals surface area contributed by atoms with E-state index in [4.69, 9.17) is 9.47 Å². The number of aryl methyl sites for hydroxylation is 2. The summed E-state index contributed by atoms with van der Waals surface area (Å²) in [6.07, 6.45) is 1.87. The summed E-state index contributed by atoms with van der Waals surface area (Å²) in [6, 6.07) is 13.9. The van der Waals surface area contributed by atoms with Crippen molar-refractivity contribution >= 4 is 0 Å². The number of hydrogen-bond acceptors (Lipinski definition) is 4. The number of para-hydroxylation sites is 1. The Kier molecular flexibility index (Phi) is 6.08. The zero-order valence-electron chi connectivity index (χ0n) is 17.2. The van der Waals surface area contributed by atoms with Gasteiger partial charge in [0.2, 0.25) is 0 Å². The van der Waals surface area contributed by atoms with Gasteiger partial charge in [0.05, 0.1) is 12.1 Å². The number of piperidine rings is 3. The number of hydrogen-bond donors (Lipinski definition) is 1. The number of rotatable bonds is 5. The SMILES string of the molecule is Cc1cc(C#CC2C(O)C3CCN2CC3)cc(C)c1OCCOc1ccccc1. The van der Waals surface area contributed by atoms with Crippen LogP contribution in [-0.4, -0.2) is 48.5 Å². The van der Waals surface area contributed by atoms with E-state index in [0.29, 0.717) is 19.1 Å². The van der Waals surface area contributed by atoms with E-state index in [-0.39, 0.29) is 12.1 Å². The van der Waals surface area contributed by atoms with Crippen molar-refractivity contribution in [1.82, 2.24) is 4.90 Å². The average Bonchev–Trinajstić information content (AvgIpc) is 2.73. The van der Waals surface area contributed by atoms with Crippen LogP contribution in [0.5, 0.6) is 11.5 Å². The molecule has 3 heterocycles. The van der Waals surface area contributed by atoms with Crippen LogP contribution in [0.25, 0.3) is 0 Å². The van der Waals surface area contributed by atoms with Crippen LogP contribution >= 0.6 is 0 Å². The third-order valence-electron chi connectivity index (χ3n) is 5.94. The van der Waals surface area contributed by atoms with Crippen LogP contribution in [0, 0.1) is 31.6 Å². The van der Waals surface area contributed by atoms with E-state index in [1.54, 1.807) is 0 Å². The molecule has 0 amide bonds. The number of aliphatic hydroxyl groups excluding tert-OH is 1. The molecule has 0 spiro atoms. The third-order valence-corrected chi connectivity index (χ3v) is 5.94. The van der Waals surface area contributed by atoms with Gasteiger partial charge in [-0.25, -0.2) is 0 Å². The lowest BCUT2D eigenvalue weighted by molar-refractivity contribution is -0.0500. The molecule has 4 heteroatoms. The van der Waals surface area contributed by atoms with Gasteiger partial charge in [0.15, 0.2) is 0 Å². The largest absolute Gasteiger partial charge is 0.490 e. The Balaban J connectivity index is 1.37. The van der Waals surface area contributed by atoms with Gasteiger partial charge in [0.1, 0.15) is 24.7 Å². The Morgan fingerprint density at radius 3 is 2.31 bits per heavy atom. The molecule has 0 saturated carbocycles. The number of fused-ring (bicyclic) bond motifs is 3. The highest BCUT2D eigenvalue weighted by atomic mass is 16.5. The van der Waals surface area contributed by atoms with Crippen molar-refractivity contribution in [1.29, 1.82) is 0 Å². The van der Waals surface area contributed by atoms with Crippen molar-refractivity contribution in [3.63, 3.8) is 0 Å². The van der Waals surface area contributed by atoms with E-state index in [0.717, 1.165) is 54.1 Å². The van der Waals surface area contributed by atoms with E-state index in [1.165, 1.54) is 0 Å². The second-order valence-electron chi connectivity index (χ2n) is 8.03. The van der Waals surface area contributed by atoms with Gasteiger partial charge in [-0.2, -0.15) is 0 Å². The molecule has 3 saturated heterocycles. The van der Waals surface area contributed by atoms with Crippen molar-refractivity contribution in [2.45, 2.75) is 38.8 Å². The van der Waals surface area contributed by atoms with Crippen LogP contribution in [0.1, 0.15) is 29.5 Å². The maximum Gasteiger partial charge on any atom is 0.125 e. The minimum atomic E-state index is -0.320. The fourth-order valence-electron chi connectivity index (χ4n) is 4.42. The molecule has 0 aliphatic carbocycles. The Hall–Kier alpha value is -2.48. The van der Waals surface area contributed by atoms with E-state index in [9.17, 15) is 5.11 Å². The predicted octanol–water partition coefficient (Wildman–Crippen LogP) is 3.57. The van der Waals surface area contributed by atoms with E-state index < -0.39 is 0 Å². The van der Waals surface area contributed by atoms with Gasteiger partial charge in [0, 0.05) is 5.56 Å². The molecular weight excluding hydrogens is 362 g/mol. The van der Waals surface area contributed by atoms with Crippen LogP contribution in [0.15, 0.2) is 42.5 Å². The minimum Gasteiger partial charge on any atom is -0.490 e. The molecule has 2 aromatic carbocycles. The molecule has 2 unspecified atom stereocenters. The molecule has 1 N–H and O–H groups in total. The highest BCUT2D eigenvalue weighted by Crippen LogP contribution is 2.32. The minimum absolute atomic E-state index is 0.0332. The van der Waals surface area contributed by atoms with Crippen molar-refractivity contribution in [2.75, 3.05) is 26.3 Å². The molecule has 0 radical (unpaired) electrons. The van der Waals surface area contributed by atoms with Gasteiger partial charge in [-0.05, 0) is 81.1 Å². The molecule has 5 rings (SSSR count). The molecule has 152 valence electrons. The van der Waals surface area contributed by atoms with Crippen LogP contribution < -0.4 is 9.47 Å². The fraction of sp³-hybridized carbons (Fsp3) is 0.440. The Morgan fingerprint density at radius 2 is 1.66 bits per heavy atom.